The van der Waals surface area contributed by atoms with Crippen molar-refractivity contribution in [3.05, 3.63) is 64.4 Å². The fraction of sp³-hybridized carbons (Fsp3) is 0.111. The third-order valence-electron chi connectivity index (χ3n) is 3.40. The fourth-order valence-electron chi connectivity index (χ4n) is 2.35. The van der Waals surface area contributed by atoms with Gasteiger partial charge >= 0.3 is 5.97 Å². The summed E-state index contributed by atoms with van der Waals surface area (Å²) in [7, 11) is 0. The lowest BCUT2D eigenvalue weighted by molar-refractivity contribution is -0.137. The Hall–Kier alpha value is -2.30. The highest BCUT2D eigenvalue weighted by Crippen LogP contribution is 2.27. The number of imidazole rings is 1. The van der Waals surface area contributed by atoms with Gasteiger partial charge in [-0.3, -0.25) is 4.40 Å². The van der Waals surface area contributed by atoms with E-state index in [1.807, 2.05) is 22.6 Å². The summed E-state index contributed by atoms with van der Waals surface area (Å²) in [5.74, 6) is -0.406. The first-order chi connectivity index (χ1) is 11.6. The lowest BCUT2D eigenvalue weighted by Gasteiger charge is -2.02. The molecule has 4 nitrogen and oxygen atoms in total. The minimum atomic E-state index is -0.406. The van der Waals surface area contributed by atoms with E-state index in [4.69, 9.17) is 27.9 Å². The number of benzene rings is 1. The average molecular weight is 361 g/mol. The summed E-state index contributed by atoms with van der Waals surface area (Å²) < 4.78 is 6.77. The number of halogens is 2. The van der Waals surface area contributed by atoms with Crippen LogP contribution < -0.4 is 0 Å². The Morgan fingerprint density at radius 1 is 1.17 bits per heavy atom. The zero-order chi connectivity index (χ0) is 17.1. The molecule has 2 heterocycles. The molecule has 1 aromatic carbocycles. The molecule has 0 radical (unpaired) electrons. The van der Waals surface area contributed by atoms with Crippen LogP contribution in [0, 0.1) is 0 Å². The molecular weight excluding hydrogens is 347 g/mol. The molecule has 0 fully saturated rings. The van der Waals surface area contributed by atoms with Crippen LogP contribution in [0.15, 0.2) is 48.7 Å². The van der Waals surface area contributed by atoms with Crippen molar-refractivity contribution >= 4 is 40.9 Å². The molecule has 24 heavy (non-hydrogen) atoms. The lowest BCUT2D eigenvalue weighted by atomic mass is 10.1. The quantitative estimate of drug-likeness (QED) is 0.491. The van der Waals surface area contributed by atoms with E-state index in [1.165, 1.54) is 6.08 Å². The molecule has 0 saturated carbocycles. The van der Waals surface area contributed by atoms with Crippen molar-refractivity contribution in [2.45, 2.75) is 6.92 Å². The van der Waals surface area contributed by atoms with Gasteiger partial charge in [0, 0.05) is 22.9 Å². The van der Waals surface area contributed by atoms with Crippen molar-refractivity contribution in [3.8, 4) is 11.3 Å². The second kappa shape index (κ2) is 7.07. The number of carbonyl (C=O) groups excluding carboxylic acids is 1. The van der Waals surface area contributed by atoms with Gasteiger partial charge in [0.15, 0.2) is 0 Å². The van der Waals surface area contributed by atoms with Gasteiger partial charge in [-0.25, -0.2) is 9.78 Å². The van der Waals surface area contributed by atoms with Crippen LogP contribution in [0.25, 0.3) is 23.0 Å². The predicted octanol–water partition coefficient (Wildman–Crippen LogP) is 4.88. The number of hydrogen-bond acceptors (Lipinski definition) is 3. The van der Waals surface area contributed by atoms with Crippen molar-refractivity contribution in [2.75, 3.05) is 6.61 Å². The predicted molar refractivity (Wildman–Crippen MR) is 96.3 cm³/mol. The van der Waals surface area contributed by atoms with Crippen molar-refractivity contribution < 1.29 is 9.53 Å². The number of pyridine rings is 1. The number of nitrogens with zero attached hydrogens (tertiary/aromatic N) is 2. The Balaban J connectivity index is 2.15. The maximum atomic E-state index is 11.7. The number of ether oxygens (including phenoxy) is 1. The van der Waals surface area contributed by atoms with Crippen LogP contribution in [0.2, 0.25) is 10.0 Å². The SMILES string of the molecule is CCOC(=O)/C=C/c1c(-c2ccc(Cl)cc2)nc2ccc(Cl)cn12. The average Bonchev–Trinajstić information content (AvgIpc) is 2.91. The third kappa shape index (κ3) is 3.45. The number of esters is 1. The maximum absolute atomic E-state index is 11.7. The summed E-state index contributed by atoms with van der Waals surface area (Å²) in [5, 5.41) is 1.22. The zero-order valence-corrected chi connectivity index (χ0v) is 14.4. The van der Waals surface area contributed by atoms with Gasteiger partial charge in [-0.05, 0) is 37.3 Å². The smallest absolute Gasteiger partial charge is 0.330 e. The van der Waals surface area contributed by atoms with Crippen LogP contribution in [0.3, 0.4) is 0 Å². The minimum Gasteiger partial charge on any atom is -0.463 e. The Morgan fingerprint density at radius 2 is 1.88 bits per heavy atom. The number of carbonyl (C=O) groups is 1. The summed E-state index contributed by atoms with van der Waals surface area (Å²) >= 11 is 12.1. The van der Waals surface area contributed by atoms with E-state index in [0.29, 0.717) is 16.7 Å². The summed E-state index contributed by atoms with van der Waals surface area (Å²) in [5.41, 5.74) is 3.09. The first kappa shape index (κ1) is 16.6. The Bertz CT molecular complexity index is 915. The van der Waals surface area contributed by atoms with Gasteiger partial charge in [-0.2, -0.15) is 0 Å². The van der Waals surface area contributed by atoms with Crippen LogP contribution in [-0.2, 0) is 9.53 Å². The first-order valence-electron chi connectivity index (χ1n) is 7.37. The van der Waals surface area contributed by atoms with Gasteiger partial charge < -0.3 is 4.74 Å². The summed E-state index contributed by atoms with van der Waals surface area (Å²) in [6.45, 7) is 2.09. The van der Waals surface area contributed by atoms with Crippen LogP contribution in [0.1, 0.15) is 12.6 Å². The lowest BCUT2D eigenvalue weighted by Crippen LogP contribution is -1.99. The van der Waals surface area contributed by atoms with Crippen LogP contribution in [0.5, 0.6) is 0 Å². The molecular formula is C18H14Cl2N2O2. The number of fused-ring (bicyclic) bond motifs is 1. The Labute approximate surface area is 149 Å². The third-order valence-corrected chi connectivity index (χ3v) is 3.88. The van der Waals surface area contributed by atoms with E-state index >= 15 is 0 Å². The highest BCUT2D eigenvalue weighted by molar-refractivity contribution is 6.30. The maximum Gasteiger partial charge on any atom is 0.330 e. The van der Waals surface area contributed by atoms with Gasteiger partial charge in [0.1, 0.15) is 5.65 Å². The van der Waals surface area contributed by atoms with Gasteiger partial charge in [0.25, 0.3) is 0 Å². The standard InChI is InChI=1S/C18H14Cl2N2O2/c1-2-24-17(23)10-8-15-18(12-3-5-13(19)6-4-12)21-16-9-7-14(20)11-22(15)16/h3-11H,2H2,1H3/b10-8+. The molecule has 0 unspecified atom stereocenters. The largest absolute Gasteiger partial charge is 0.463 e. The Kier molecular flexibility index (Phi) is 4.88. The molecule has 0 spiro atoms. The van der Waals surface area contributed by atoms with Crippen LogP contribution in [-0.4, -0.2) is 22.0 Å². The minimum absolute atomic E-state index is 0.326. The van der Waals surface area contributed by atoms with Crippen LogP contribution >= 0.6 is 23.2 Å². The molecule has 0 aliphatic carbocycles. The molecule has 0 atom stereocenters. The molecule has 0 aliphatic heterocycles. The topological polar surface area (TPSA) is 43.6 Å². The van der Waals surface area contributed by atoms with Gasteiger partial charge in [-0.1, -0.05) is 35.3 Å². The fourth-order valence-corrected chi connectivity index (χ4v) is 2.64. The van der Waals surface area contributed by atoms with E-state index in [0.717, 1.165) is 22.6 Å². The molecule has 0 saturated heterocycles. The van der Waals surface area contributed by atoms with E-state index in [1.54, 1.807) is 37.4 Å². The van der Waals surface area contributed by atoms with Gasteiger partial charge in [0.2, 0.25) is 0 Å². The van der Waals surface area contributed by atoms with Crippen molar-refractivity contribution in [1.82, 2.24) is 9.38 Å². The molecule has 0 bridgehead atoms. The van der Waals surface area contributed by atoms with Crippen LogP contribution in [0.4, 0.5) is 0 Å². The molecule has 122 valence electrons. The zero-order valence-electron chi connectivity index (χ0n) is 12.9. The highest BCUT2D eigenvalue weighted by Gasteiger charge is 2.13. The summed E-state index contributed by atoms with van der Waals surface area (Å²) in [6.07, 6.45) is 4.82. The van der Waals surface area contributed by atoms with E-state index < -0.39 is 5.97 Å². The monoisotopic (exact) mass is 360 g/mol. The molecule has 0 N–H and O–H groups in total. The highest BCUT2D eigenvalue weighted by atomic mass is 35.5. The second-order valence-electron chi connectivity index (χ2n) is 5.01. The molecule has 3 aromatic rings. The van der Waals surface area contributed by atoms with E-state index in [2.05, 4.69) is 4.98 Å². The molecule has 0 amide bonds. The van der Waals surface area contributed by atoms with Crippen molar-refractivity contribution in [1.29, 1.82) is 0 Å². The van der Waals surface area contributed by atoms with Gasteiger partial charge in [0.05, 0.1) is 23.0 Å². The van der Waals surface area contributed by atoms with E-state index in [-0.39, 0.29) is 0 Å². The second-order valence-corrected chi connectivity index (χ2v) is 5.89. The number of rotatable bonds is 4. The number of hydrogen-bond donors (Lipinski definition) is 0. The summed E-state index contributed by atoms with van der Waals surface area (Å²) in [6, 6.07) is 11.0. The molecule has 2 aromatic heterocycles. The van der Waals surface area contributed by atoms with Gasteiger partial charge in [-0.15, -0.1) is 0 Å². The molecule has 0 aliphatic rings. The molecule has 6 heteroatoms. The number of aromatic nitrogens is 2. The molecule has 3 rings (SSSR count). The van der Waals surface area contributed by atoms with Crippen molar-refractivity contribution in [2.24, 2.45) is 0 Å². The summed E-state index contributed by atoms with van der Waals surface area (Å²) in [4.78, 5) is 16.3. The normalized spacial score (nSPS) is 11.3. The Morgan fingerprint density at radius 3 is 2.58 bits per heavy atom. The van der Waals surface area contributed by atoms with Crippen molar-refractivity contribution in [3.63, 3.8) is 0 Å². The first-order valence-corrected chi connectivity index (χ1v) is 8.12. The van der Waals surface area contributed by atoms with E-state index in [9.17, 15) is 4.79 Å².